The number of benzene rings is 1. The van der Waals surface area contributed by atoms with Crippen molar-refractivity contribution in [1.82, 2.24) is 5.43 Å². The van der Waals surface area contributed by atoms with Gasteiger partial charge in [0.25, 0.3) is 0 Å². The summed E-state index contributed by atoms with van der Waals surface area (Å²) in [7, 11) is 0. The molecule has 0 spiro atoms. The van der Waals surface area contributed by atoms with Gasteiger partial charge in [-0.25, -0.2) is 0 Å². The van der Waals surface area contributed by atoms with Gasteiger partial charge in [-0.2, -0.15) is 13.2 Å². The molecule has 0 saturated heterocycles. The Labute approximate surface area is 122 Å². The normalized spacial score (nSPS) is 13.2. The Kier molecular flexibility index (Phi) is 7.49. The predicted octanol–water partition coefficient (Wildman–Crippen LogP) is 2.95. The fraction of sp³-hybridized carbons (Fsp3) is 0.571. The van der Waals surface area contributed by atoms with Gasteiger partial charge in [-0.3, -0.25) is 11.3 Å². The SMILES string of the molecule is CCCOc1ccccc1C(CCOCC(F)(F)F)NN. The van der Waals surface area contributed by atoms with Crippen LogP contribution >= 0.6 is 0 Å². The van der Waals surface area contributed by atoms with E-state index < -0.39 is 12.8 Å². The highest BCUT2D eigenvalue weighted by molar-refractivity contribution is 5.35. The van der Waals surface area contributed by atoms with Crippen LogP contribution in [0.1, 0.15) is 31.4 Å². The number of hydrazine groups is 1. The molecule has 7 heteroatoms. The quantitative estimate of drug-likeness (QED) is 0.418. The molecule has 1 rings (SSSR count). The van der Waals surface area contributed by atoms with Gasteiger partial charge in [-0.1, -0.05) is 25.1 Å². The molecule has 0 aliphatic rings. The van der Waals surface area contributed by atoms with Crippen LogP contribution in [0.2, 0.25) is 0 Å². The van der Waals surface area contributed by atoms with E-state index in [0.717, 1.165) is 12.0 Å². The lowest BCUT2D eigenvalue weighted by atomic mass is 10.0. The van der Waals surface area contributed by atoms with Crippen LogP contribution < -0.4 is 16.0 Å². The molecule has 0 saturated carbocycles. The lowest BCUT2D eigenvalue weighted by molar-refractivity contribution is -0.174. The van der Waals surface area contributed by atoms with Crippen LogP contribution in [-0.4, -0.2) is 26.0 Å². The summed E-state index contributed by atoms with van der Waals surface area (Å²) in [4.78, 5) is 0. The molecule has 0 fully saturated rings. The van der Waals surface area contributed by atoms with E-state index in [-0.39, 0.29) is 12.6 Å². The molecule has 0 radical (unpaired) electrons. The minimum Gasteiger partial charge on any atom is -0.493 e. The molecule has 120 valence electrons. The Morgan fingerprint density at radius 1 is 1.24 bits per heavy atom. The van der Waals surface area contributed by atoms with E-state index >= 15 is 0 Å². The Hall–Kier alpha value is -1.31. The number of para-hydroxylation sites is 1. The fourth-order valence-corrected chi connectivity index (χ4v) is 1.83. The molecular weight excluding hydrogens is 285 g/mol. The van der Waals surface area contributed by atoms with Gasteiger partial charge >= 0.3 is 6.18 Å². The van der Waals surface area contributed by atoms with Gasteiger partial charge in [-0.05, 0) is 18.9 Å². The van der Waals surface area contributed by atoms with Crippen LogP contribution in [0, 0.1) is 0 Å². The summed E-state index contributed by atoms with van der Waals surface area (Å²) in [6, 6.07) is 6.98. The van der Waals surface area contributed by atoms with Crippen molar-refractivity contribution in [1.29, 1.82) is 0 Å². The molecule has 0 aliphatic carbocycles. The van der Waals surface area contributed by atoms with E-state index in [1.54, 1.807) is 0 Å². The summed E-state index contributed by atoms with van der Waals surface area (Å²) in [6.45, 7) is 1.26. The lowest BCUT2D eigenvalue weighted by Gasteiger charge is -2.20. The first-order chi connectivity index (χ1) is 9.98. The third kappa shape index (κ3) is 6.79. The van der Waals surface area contributed by atoms with Crippen molar-refractivity contribution < 1.29 is 22.6 Å². The second-order valence-corrected chi connectivity index (χ2v) is 4.56. The van der Waals surface area contributed by atoms with Gasteiger partial charge in [0.05, 0.1) is 12.6 Å². The maximum Gasteiger partial charge on any atom is 0.411 e. The highest BCUT2D eigenvalue weighted by Crippen LogP contribution is 2.27. The summed E-state index contributed by atoms with van der Waals surface area (Å²) in [5, 5.41) is 0. The highest BCUT2D eigenvalue weighted by Gasteiger charge is 2.27. The van der Waals surface area contributed by atoms with Gasteiger partial charge in [0.1, 0.15) is 12.4 Å². The molecule has 1 atom stereocenters. The molecule has 0 bridgehead atoms. The van der Waals surface area contributed by atoms with Crippen molar-refractivity contribution in [3.05, 3.63) is 29.8 Å². The van der Waals surface area contributed by atoms with E-state index in [2.05, 4.69) is 10.2 Å². The first kappa shape index (κ1) is 17.7. The number of halogens is 3. The molecule has 4 nitrogen and oxygen atoms in total. The summed E-state index contributed by atoms with van der Waals surface area (Å²) in [5.41, 5.74) is 3.40. The van der Waals surface area contributed by atoms with Crippen molar-refractivity contribution in [3.8, 4) is 5.75 Å². The first-order valence-electron chi connectivity index (χ1n) is 6.80. The zero-order valence-electron chi connectivity index (χ0n) is 12.0. The number of nitrogens with one attached hydrogen (secondary N) is 1. The molecule has 21 heavy (non-hydrogen) atoms. The van der Waals surface area contributed by atoms with E-state index in [0.29, 0.717) is 18.8 Å². The highest BCUT2D eigenvalue weighted by atomic mass is 19.4. The van der Waals surface area contributed by atoms with Gasteiger partial charge in [0.2, 0.25) is 0 Å². The largest absolute Gasteiger partial charge is 0.493 e. The van der Waals surface area contributed by atoms with Crippen LogP contribution in [0.5, 0.6) is 5.75 Å². The number of hydrogen-bond donors (Lipinski definition) is 2. The van der Waals surface area contributed by atoms with Gasteiger partial charge in [0, 0.05) is 12.2 Å². The Bertz CT molecular complexity index is 413. The Morgan fingerprint density at radius 2 is 1.95 bits per heavy atom. The lowest BCUT2D eigenvalue weighted by Crippen LogP contribution is -2.30. The van der Waals surface area contributed by atoms with Crippen LogP contribution in [0.3, 0.4) is 0 Å². The molecule has 3 N–H and O–H groups in total. The van der Waals surface area contributed by atoms with Gasteiger partial charge in [0.15, 0.2) is 0 Å². The van der Waals surface area contributed by atoms with Crippen molar-refractivity contribution in [2.24, 2.45) is 5.84 Å². The zero-order valence-corrected chi connectivity index (χ0v) is 12.0. The van der Waals surface area contributed by atoms with Gasteiger partial charge < -0.3 is 9.47 Å². The Balaban J connectivity index is 2.59. The molecular formula is C14H21F3N2O2. The average Bonchev–Trinajstić information content (AvgIpc) is 2.45. The van der Waals surface area contributed by atoms with Crippen LogP contribution in [0.4, 0.5) is 13.2 Å². The third-order valence-corrected chi connectivity index (χ3v) is 2.77. The van der Waals surface area contributed by atoms with E-state index in [4.69, 9.17) is 10.6 Å². The molecule has 1 aromatic carbocycles. The molecule has 1 unspecified atom stereocenters. The first-order valence-corrected chi connectivity index (χ1v) is 6.80. The number of ether oxygens (including phenoxy) is 2. The van der Waals surface area contributed by atoms with Crippen molar-refractivity contribution in [2.45, 2.75) is 32.0 Å². The van der Waals surface area contributed by atoms with Crippen molar-refractivity contribution in [2.75, 3.05) is 19.8 Å². The number of alkyl halides is 3. The molecule has 0 heterocycles. The minimum absolute atomic E-state index is 0.0452. The predicted molar refractivity (Wildman–Crippen MR) is 73.8 cm³/mol. The van der Waals surface area contributed by atoms with Crippen LogP contribution in [0.15, 0.2) is 24.3 Å². The molecule has 0 amide bonds. The smallest absolute Gasteiger partial charge is 0.411 e. The summed E-state index contributed by atoms with van der Waals surface area (Å²) in [6.07, 6.45) is -3.13. The van der Waals surface area contributed by atoms with E-state index in [9.17, 15) is 13.2 Å². The maximum absolute atomic E-state index is 12.0. The average molecular weight is 306 g/mol. The molecule has 0 aliphatic heterocycles. The zero-order chi connectivity index (χ0) is 15.7. The second kappa shape index (κ2) is 8.86. The van der Waals surface area contributed by atoms with Crippen molar-refractivity contribution in [3.63, 3.8) is 0 Å². The summed E-state index contributed by atoms with van der Waals surface area (Å²) >= 11 is 0. The summed E-state index contributed by atoms with van der Waals surface area (Å²) in [5.74, 6) is 6.17. The molecule has 0 aromatic heterocycles. The number of nitrogens with two attached hydrogens (primary N) is 1. The van der Waals surface area contributed by atoms with E-state index in [1.165, 1.54) is 0 Å². The summed E-state index contributed by atoms with van der Waals surface area (Å²) < 4.78 is 46.2. The van der Waals surface area contributed by atoms with E-state index in [1.807, 2.05) is 31.2 Å². The maximum atomic E-state index is 12.0. The Morgan fingerprint density at radius 3 is 2.57 bits per heavy atom. The fourth-order valence-electron chi connectivity index (χ4n) is 1.83. The second-order valence-electron chi connectivity index (χ2n) is 4.56. The van der Waals surface area contributed by atoms with Crippen LogP contribution in [-0.2, 0) is 4.74 Å². The van der Waals surface area contributed by atoms with Gasteiger partial charge in [-0.15, -0.1) is 0 Å². The topological polar surface area (TPSA) is 56.5 Å². The standard InChI is InChI=1S/C14H21F3N2O2/c1-2-8-21-13-6-4-3-5-11(13)12(19-18)7-9-20-10-14(15,16)17/h3-6,12,19H,2,7-10,18H2,1H3. The van der Waals surface area contributed by atoms with Crippen molar-refractivity contribution >= 4 is 0 Å². The molecule has 1 aromatic rings. The number of hydrogen-bond acceptors (Lipinski definition) is 4. The van der Waals surface area contributed by atoms with Crippen LogP contribution in [0.25, 0.3) is 0 Å². The minimum atomic E-state index is -4.31. The monoisotopic (exact) mass is 306 g/mol. The third-order valence-electron chi connectivity index (χ3n) is 2.77. The number of rotatable bonds is 9.